The second-order valence-corrected chi connectivity index (χ2v) is 5.69. The van der Waals surface area contributed by atoms with Crippen LogP contribution in [0.3, 0.4) is 0 Å². The molecule has 1 aliphatic carbocycles. The summed E-state index contributed by atoms with van der Waals surface area (Å²) in [5.41, 5.74) is 0. The molecule has 1 aliphatic rings. The minimum atomic E-state index is 0. The van der Waals surface area contributed by atoms with Crippen molar-refractivity contribution in [2.75, 3.05) is 19.6 Å². The lowest BCUT2D eigenvalue weighted by molar-refractivity contribution is -0.125. The van der Waals surface area contributed by atoms with Crippen LogP contribution in [0.1, 0.15) is 52.9 Å². The molecule has 0 spiro atoms. The maximum absolute atomic E-state index is 12.0. The summed E-state index contributed by atoms with van der Waals surface area (Å²) in [7, 11) is 0. The molecule has 1 amide bonds. The predicted molar refractivity (Wildman–Crippen MR) is 99.3 cm³/mol. The maximum Gasteiger partial charge on any atom is 0.223 e. The highest BCUT2D eigenvalue weighted by molar-refractivity contribution is 14.0. The van der Waals surface area contributed by atoms with E-state index in [1.165, 1.54) is 19.3 Å². The number of nitrogens with zero attached hydrogens (tertiary/aromatic N) is 1. The van der Waals surface area contributed by atoms with Gasteiger partial charge in [0.05, 0.1) is 6.54 Å². The van der Waals surface area contributed by atoms with E-state index >= 15 is 0 Å². The zero-order chi connectivity index (χ0) is 14.8. The van der Waals surface area contributed by atoms with Crippen molar-refractivity contribution in [3.63, 3.8) is 0 Å². The van der Waals surface area contributed by atoms with Crippen LogP contribution in [0.2, 0.25) is 0 Å². The number of hydrogen-bond acceptors (Lipinski definition) is 2. The Morgan fingerprint density at radius 3 is 2.43 bits per heavy atom. The van der Waals surface area contributed by atoms with Crippen LogP contribution in [0.15, 0.2) is 4.99 Å². The van der Waals surface area contributed by atoms with Gasteiger partial charge in [-0.1, -0.05) is 19.3 Å². The molecule has 0 aromatic carbocycles. The summed E-state index contributed by atoms with van der Waals surface area (Å²) in [5.74, 6) is 1.26. The van der Waals surface area contributed by atoms with Gasteiger partial charge < -0.3 is 16.0 Å². The van der Waals surface area contributed by atoms with Crippen LogP contribution in [0.25, 0.3) is 0 Å². The minimum Gasteiger partial charge on any atom is -0.357 e. The maximum atomic E-state index is 12.0. The van der Waals surface area contributed by atoms with Crippen molar-refractivity contribution in [1.82, 2.24) is 16.0 Å². The third-order valence-electron chi connectivity index (χ3n) is 3.43. The Morgan fingerprint density at radius 1 is 1.19 bits per heavy atom. The van der Waals surface area contributed by atoms with Crippen molar-refractivity contribution in [3.8, 4) is 0 Å². The van der Waals surface area contributed by atoms with Crippen molar-refractivity contribution in [2.24, 2.45) is 10.9 Å². The Labute approximate surface area is 146 Å². The first-order valence-corrected chi connectivity index (χ1v) is 7.96. The molecule has 0 radical (unpaired) electrons. The Hall–Kier alpha value is -0.530. The highest BCUT2D eigenvalue weighted by Gasteiger charge is 2.20. The Bertz CT molecular complexity index is 315. The van der Waals surface area contributed by atoms with Crippen LogP contribution >= 0.6 is 24.0 Å². The highest BCUT2D eigenvalue weighted by Crippen LogP contribution is 2.23. The van der Waals surface area contributed by atoms with E-state index in [0.29, 0.717) is 19.1 Å². The van der Waals surface area contributed by atoms with Gasteiger partial charge in [-0.3, -0.25) is 9.79 Å². The highest BCUT2D eigenvalue weighted by atomic mass is 127. The summed E-state index contributed by atoms with van der Waals surface area (Å²) in [6.07, 6.45) is 5.76. The monoisotopic (exact) mass is 410 g/mol. The second-order valence-electron chi connectivity index (χ2n) is 5.69. The van der Waals surface area contributed by atoms with Gasteiger partial charge in [0, 0.05) is 25.0 Å². The van der Waals surface area contributed by atoms with Crippen LogP contribution in [-0.4, -0.2) is 37.5 Å². The van der Waals surface area contributed by atoms with Gasteiger partial charge in [0.25, 0.3) is 0 Å². The van der Waals surface area contributed by atoms with Crippen molar-refractivity contribution in [1.29, 1.82) is 0 Å². The van der Waals surface area contributed by atoms with Gasteiger partial charge in [-0.25, -0.2) is 0 Å². The van der Waals surface area contributed by atoms with Gasteiger partial charge in [-0.15, -0.1) is 24.0 Å². The van der Waals surface area contributed by atoms with E-state index in [1.54, 1.807) is 0 Å². The molecule has 6 heteroatoms. The SMILES string of the molecule is CCNC(=NCCNC(=O)C1CCCCC1)NC(C)C.I. The van der Waals surface area contributed by atoms with Crippen LogP contribution in [-0.2, 0) is 4.79 Å². The smallest absolute Gasteiger partial charge is 0.223 e. The number of guanidine groups is 1. The molecular formula is C15H31IN4O. The summed E-state index contributed by atoms with van der Waals surface area (Å²) in [4.78, 5) is 16.4. The number of hydrogen-bond donors (Lipinski definition) is 3. The molecule has 0 heterocycles. The summed E-state index contributed by atoms with van der Waals surface area (Å²) >= 11 is 0. The molecule has 0 aromatic rings. The standard InChI is InChI=1S/C15H30N4O.HI/c1-4-16-15(19-12(2)3)18-11-10-17-14(20)13-8-6-5-7-9-13;/h12-13H,4-11H2,1-3H3,(H,17,20)(H2,16,18,19);1H. The van der Waals surface area contributed by atoms with Crippen LogP contribution in [0.4, 0.5) is 0 Å². The van der Waals surface area contributed by atoms with Gasteiger partial charge in [-0.2, -0.15) is 0 Å². The fourth-order valence-electron chi connectivity index (χ4n) is 2.45. The summed E-state index contributed by atoms with van der Waals surface area (Å²) in [5, 5.41) is 9.45. The lowest BCUT2D eigenvalue weighted by atomic mass is 9.89. The van der Waals surface area contributed by atoms with Gasteiger partial charge in [0.2, 0.25) is 5.91 Å². The van der Waals surface area contributed by atoms with Gasteiger partial charge in [-0.05, 0) is 33.6 Å². The van der Waals surface area contributed by atoms with Crippen molar-refractivity contribution in [3.05, 3.63) is 0 Å². The third kappa shape index (κ3) is 9.16. The molecule has 1 rings (SSSR count). The quantitative estimate of drug-likeness (QED) is 0.273. The normalized spacial score (nSPS) is 16.3. The number of rotatable bonds is 6. The first kappa shape index (κ1) is 20.5. The molecule has 0 bridgehead atoms. The first-order chi connectivity index (χ1) is 9.63. The predicted octanol–water partition coefficient (Wildman–Crippen LogP) is 2.26. The first-order valence-electron chi connectivity index (χ1n) is 7.96. The fraction of sp³-hybridized carbons (Fsp3) is 0.867. The Morgan fingerprint density at radius 2 is 1.86 bits per heavy atom. The van der Waals surface area contributed by atoms with Gasteiger partial charge >= 0.3 is 0 Å². The van der Waals surface area contributed by atoms with Crippen molar-refractivity contribution >= 4 is 35.8 Å². The zero-order valence-corrected chi connectivity index (χ0v) is 15.9. The van der Waals surface area contributed by atoms with Crippen LogP contribution in [0, 0.1) is 5.92 Å². The number of amides is 1. The van der Waals surface area contributed by atoms with Crippen molar-refractivity contribution < 1.29 is 4.79 Å². The van der Waals surface area contributed by atoms with Gasteiger partial charge in [0.15, 0.2) is 5.96 Å². The number of carbonyl (C=O) groups is 1. The van der Waals surface area contributed by atoms with E-state index < -0.39 is 0 Å². The van der Waals surface area contributed by atoms with E-state index in [4.69, 9.17) is 0 Å². The minimum absolute atomic E-state index is 0. The van der Waals surface area contributed by atoms with Crippen molar-refractivity contribution in [2.45, 2.75) is 58.9 Å². The van der Waals surface area contributed by atoms with Gasteiger partial charge in [0.1, 0.15) is 0 Å². The van der Waals surface area contributed by atoms with Crippen LogP contribution in [0.5, 0.6) is 0 Å². The van der Waals surface area contributed by atoms with E-state index in [-0.39, 0.29) is 35.8 Å². The van der Waals surface area contributed by atoms with E-state index in [1.807, 2.05) is 6.92 Å². The second kappa shape index (κ2) is 12.1. The average molecular weight is 410 g/mol. The fourth-order valence-corrected chi connectivity index (χ4v) is 2.45. The number of nitrogens with one attached hydrogen (secondary N) is 3. The molecule has 0 aliphatic heterocycles. The van der Waals surface area contributed by atoms with E-state index in [2.05, 4.69) is 34.8 Å². The summed E-state index contributed by atoms with van der Waals surface area (Å²) in [6, 6.07) is 0.352. The number of carbonyl (C=O) groups excluding carboxylic acids is 1. The molecule has 0 unspecified atom stereocenters. The Kier molecular flexibility index (Phi) is 11.8. The molecule has 1 saturated carbocycles. The summed E-state index contributed by atoms with van der Waals surface area (Å²) in [6.45, 7) is 8.27. The number of aliphatic imine (C=N–C) groups is 1. The topological polar surface area (TPSA) is 65.5 Å². The molecule has 124 valence electrons. The molecular weight excluding hydrogens is 379 g/mol. The van der Waals surface area contributed by atoms with E-state index in [0.717, 1.165) is 25.3 Å². The lowest BCUT2D eigenvalue weighted by Gasteiger charge is -2.20. The Balaban J connectivity index is 0.00000400. The molecule has 21 heavy (non-hydrogen) atoms. The largest absolute Gasteiger partial charge is 0.357 e. The zero-order valence-electron chi connectivity index (χ0n) is 13.6. The molecule has 5 nitrogen and oxygen atoms in total. The lowest BCUT2D eigenvalue weighted by Crippen LogP contribution is -2.41. The molecule has 0 saturated heterocycles. The van der Waals surface area contributed by atoms with E-state index in [9.17, 15) is 4.79 Å². The number of halogens is 1. The molecule has 0 aromatic heterocycles. The summed E-state index contributed by atoms with van der Waals surface area (Å²) < 4.78 is 0. The molecule has 1 fully saturated rings. The third-order valence-corrected chi connectivity index (χ3v) is 3.43. The molecule has 3 N–H and O–H groups in total. The van der Waals surface area contributed by atoms with Crippen LogP contribution < -0.4 is 16.0 Å². The molecule has 0 atom stereocenters. The average Bonchev–Trinajstić information content (AvgIpc) is 2.44.